The Hall–Kier alpha value is -4.20. The third kappa shape index (κ3) is 9.18. The number of hydrogen-bond acceptors (Lipinski definition) is 10. The van der Waals surface area contributed by atoms with E-state index in [0.717, 1.165) is 21.2 Å². The summed E-state index contributed by atoms with van der Waals surface area (Å²) in [5, 5.41) is 33.7. The number of nitrogens with two attached hydrogens (primary N) is 1. The van der Waals surface area contributed by atoms with Crippen molar-refractivity contribution in [2.24, 2.45) is 5.18 Å². The van der Waals surface area contributed by atoms with Gasteiger partial charge in [0.2, 0.25) is 0 Å². The summed E-state index contributed by atoms with van der Waals surface area (Å²) in [5.74, 6) is 0.176. The van der Waals surface area contributed by atoms with Gasteiger partial charge in [0.15, 0.2) is 0 Å². The van der Waals surface area contributed by atoms with Crippen molar-refractivity contribution in [1.82, 2.24) is 5.32 Å². The molecule has 46 heavy (non-hydrogen) atoms. The van der Waals surface area contributed by atoms with E-state index in [-0.39, 0.29) is 42.8 Å². The monoisotopic (exact) mass is 713 g/mol. The van der Waals surface area contributed by atoms with Crippen LogP contribution in [0.4, 0.5) is 11.4 Å². The Kier molecular flexibility index (Phi) is 12.8. The number of benzene rings is 4. The second-order valence-corrected chi connectivity index (χ2v) is 11.3. The third-order valence-corrected chi connectivity index (χ3v) is 8.13. The first-order chi connectivity index (χ1) is 22.2. The predicted molar refractivity (Wildman–Crippen MR) is 179 cm³/mol. The van der Waals surface area contributed by atoms with Gasteiger partial charge < -0.3 is 35.3 Å². The van der Waals surface area contributed by atoms with Gasteiger partial charge in [-0.15, -0.1) is 4.91 Å². The van der Waals surface area contributed by atoms with Crippen LogP contribution in [0.25, 0.3) is 11.1 Å². The average Bonchev–Trinajstić information content (AvgIpc) is 3.04. The molecule has 4 rings (SSSR count). The molecule has 0 aromatic heterocycles. The summed E-state index contributed by atoms with van der Waals surface area (Å²) in [6.07, 6.45) is 0.542. The van der Waals surface area contributed by atoms with Gasteiger partial charge in [0.05, 0.1) is 23.9 Å². The number of halogens is 2. The first-order valence-corrected chi connectivity index (χ1v) is 15.4. The predicted octanol–water partition coefficient (Wildman–Crippen LogP) is 6.20. The van der Waals surface area contributed by atoms with Gasteiger partial charge in [0, 0.05) is 41.2 Å². The van der Waals surface area contributed by atoms with E-state index in [4.69, 9.17) is 36.7 Å². The molecule has 11 nitrogen and oxygen atoms in total. The molecular formula is C33H33BrClN3O8. The minimum absolute atomic E-state index is 0.0272. The number of carboxylic acid groups (broad SMARTS) is 1. The number of ether oxygens (including phenoxy) is 3. The van der Waals surface area contributed by atoms with E-state index in [0.29, 0.717) is 41.4 Å². The van der Waals surface area contributed by atoms with Crippen molar-refractivity contribution >= 4 is 44.9 Å². The Labute approximate surface area is 279 Å². The molecule has 0 aliphatic heterocycles. The molecule has 0 fully saturated rings. The standard InChI is InChI=1S/C33H33BrClN3O8/c34-32-22(5-2-7-25(32)21-4-1-6-24(13-21)44-11-3-10-39)19-46-31-15-30(45-18-20-8-9-28(38-43)27(36)12-20)23(14-26(31)35)16-37-29(17-40)33(41)42/h1-2,4-9,12-15,29,37,39-40H,3,10-11,16-19,36H2,(H,41,42)/t29-/m1/s1. The zero-order chi connectivity index (χ0) is 33.1. The summed E-state index contributed by atoms with van der Waals surface area (Å²) >= 11 is 10.3. The molecule has 4 aromatic rings. The highest BCUT2D eigenvalue weighted by molar-refractivity contribution is 9.10. The fourth-order valence-electron chi connectivity index (χ4n) is 4.44. The molecule has 0 unspecified atom stereocenters. The molecule has 13 heteroatoms. The quantitative estimate of drug-likeness (QED) is 0.0481. The van der Waals surface area contributed by atoms with Crippen LogP contribution in [0, 0.1) is 4.91 Å². The molecule has 242 valence electrons. The van der Waals surface area contributed by atoms with Crippen molar-refractivity contribution in [3.05, 3.63) is 104 Å². The van der Waals surface area contributed by atoms with Crippen molar-refractivity contribution in [1.29, 1.82) is 0 Å². The van der Waals surface area contributed by atoms with Crippen LogP contribution < -0.4 is 25.3 Å². The largest absolute Gasteiger partial charge is 0.493 e. The Bertz CT molecular complexity index is 1670. The second-order valence-electron chi connectivity index (χ2n) is 10.1. The maximum atomic E-state index is 11.4. The Morgan fingerprint density at radius 1 is 0.957 bits per heavy atom. The molecule has 0 spiro atoms. The van der Waals surface area contributed by atoms with Crippen molar-refractivity contribution in [2.45, 2.75) is 32.2 Å². The Morgan fingerprint density at radius 3 is 2.46 bits per heavy atom. The number of hydrogen-bond donors (Lipinski definition) is 5. The second kappa shape index (κ2) is 16.9. The van der Waals surface area contributed by atoms with Gasteiger partial charge in [0.1, 0.15) is 42.2 Å². The van der Waals surface area contributed by atoms with E-state index in [1.165, 1.54) is 6.07 Å². The molecule has 0 aliphatic carbocycles. The number of aliphatic hydroxyl groups is 2. The van der Waals surface area contributed by atoms with Crippen molar-refractivity contribution < 1.29 is 34.3 Å². The summed E-state index contributed by atoms with van der Waals surface area (Å²) in [4.78, 5) is 22.3. The van der Waals surface area contributed by atoms with Crippen LogP contribution in [-0.4, -0.2) is 47.2 Å². The lowest BCUT2D eigenvalue weighted by Crippen LogP contribution is -2.39. The number of nitroso groups, excluding NO2 is 1. The maximum absolute atomic E-state index is 11.4. The van der Waals surface area contributed by atoms with Gasteiger partial charge >= 0.3 is 5.97 Å². The van der Waals surface area contributed by atoms with Crippen LogP contribution in [0.5, 0.6) is 17.2 Å². The minimum Gasteiger partial charge on any atom is -0.493 e. The van der Waals surface area contributed by atoms with Crippen LogP contribution in [-0.2, 0) is 24.6 Å². The van der Waals surface area contributed by atoms with Crippen LogP contribution in [0.3, 0.4) is 0 Å². The molecule has 0 aliphatic rings. The van der Waals surface area contributed by atoms with Crippen molar-refractivity contribution in [2.75, 3.05) is 25.6 Å². The van der Waals surface area contributed by atoms with Crippen LogP contribution in [0.15, 0.2) is 82.4 Å². The van der Waals surface area contributed by atoms with Gasteiger partial charge in [0.25, 0.3) is 0 Å². The number of nitrogens with zero attached hydrogens (tertiary/aromatic N) is 1. The number of carbonyl (C=O) groups is 1. The fourth-order valence-corrected chi connectivity index (χ4v) is 5.29. The van der Waals surface area contributed by atoms with E-state index in [1.807, 2.05) is 42.5 Å². The van der Waals surface area contributed by atoms with Crippen LogP contribution in [0.2, 0.25) is 5.02 Å². The first kappa shape index (κ1) is 34.7. The lowest BCUT2D eigenvalue weighted by atomic mass is 10.0. The van der Waals surface area contributed by atoms with Crippen LogP contribution in [0.1, 0.15) is 23.1 Å². The molecule has 0 amide bonds. The molecule has 0 bridgehead atoms. The number of anilines is 1. The first-order valence-electron chi connectivity index (χ1n) is 14.2. The molecule has 0 heterocycles. The van der Waals surface area contributed by atoms with Gasteiger partial charge in [-0.1, -0.05) is 48.0 Å². The number of aliphatic carboxylic acids is 1. The van der Waals surface area contributed by atoms with E-state index in [9.17, 15) is 19.9 Å². The Balaban J connectivity index is 1.56. The molecule has 0 saturated heterocycles. The number of aliphatic hydroxyl groups excluding tert-OH is 2. The highest BCUT2D eigenvalue weighted by Gasteiger charge is 2.19. The number of nitrogen functional groups attached to an aromatic ring is 1. The summed E-state index contributed by atoms with van der Waals surface area (Å²) in [5.41, 5.74) is 10.1. The summed E-state index contributed by atoms with van der Waals surface area (Å²) in [7, 11) is 0. The summed E-state index contributed by atoms with van der Waals surface area (Å²) in [6, 6.07) is 20.2. The molecule has 1 atom stereocenters. The lowest BCUT2D eigenvalue weighted by Gasteiger charge is -2.18. The maximum Gasteiger partial charge on any atom is 0.323 e. The van der Waals surface area contributed by atoms with E-state index in [1.54, 1.807) is 24.3 Å². The van der Waals surface area contributed by atoms with Gasteiger partial charge in [-0.05, 0) is 68.1 Å². The molecule has 4 aromatic carbocycles. The lowest BCUT2D eigenvalue weighted by molar-refractivity contribution is -0.140. The SMILES string of the molecule is Nc1cc(COc2cc(OCc3cccc(-c4cccc(OCCCO)c4)c3Br)c(Cl)cc2CN[C@H](CO)C(=O)O)ccc1N=O. The Morgan fingerprint density at radius 2 is 1.74 bits per heavy atom. The smallest absolute Gasteiger partial charge is 0.323 e. The zero-order valence-electron chi connectivity index (χ0n) is 24.6. The van der Waals surface area contributed by atoms with E-state index < -0.39 is 18.6 Å². The molecular weight excluding hydrogens is 682 g/mol. The number of carboxylic acids is 1. The molecule has 0 saturated carbocycles. The topological polar surface area (TPSA) is 173 Å². The minimum atomic E-state index is -1.20. The van der Waals surface area contributed by atoms with Crippen molar-refractivity contribution in [3.8, 4) is 28.4 Å². The molecule has 6 N–H and O–H groups in total. The molecule has 0 radical (unpaired) electrons. The fraction of sp³-hybridized carbons (Fsp3) is 0.242. The highest BCUT2D eigenvalue weighted by atomic mass is 79.9. The normalized spacial score (nSPS) is 11.6. The van der Waals surface area contributed by atoms with Crippen LogP contribution >= 0.6 is 27.5 Å². The van der Waals surface area contributed by atoms with Crippen molar-refractivity contribution in [3.63, 3.8) is 0 Å². The number of rotatable bonds is 17. The average molecular weight is 715 g/mol. The highest BCUT2D eigenvalue weighted by Crippen LogP contribution is 2.37. The zero-order valence-corrected chi connectivity index (χ0v) is 27.0. The van der Waals surface area contributed by atoms with Gasteiger partial charge in [-0.2, -0.15) is 0 Å². The third-order valence-electron chi connectivity index (χ3n) is 6.90. The van der Waals surface area contributed by atoms with E-state index in [2.05, 4.69) is 26.4 Å². The summed E-state index contributed by atoms with van der Waals surface area (Å²) < 4.78 is 18.8. The van der Waals surface area contributed by atoms with Gasteiger partial charge in [-0.25, -0.2) is 0 Å². The van der Waals surface area contributed by atoms with E-state index >= 15 is 0 Å². The summed E-state index contributed by atoms with van der Waals surface area (Å²) in [6.45, 7) is 0.111. The van der Waals surface area contributed by atoms with Gasteiger partial charge in [-0.3, -0.25) is 10.1 Å². The number of nitrogens with one attached hydrogen (secondary N) is 1.